The molecule has 0 radical (unpaired) electrons. The number of para-hydroxylation sites is 1. The van der Waals surface area contributed by atoms with Gasteiger partial charge in [0.1, 0.15) is 12.3 Å². The fourth-order valence-corrected chi connectivity index (χ4v) is 5.47. The van der Waals surface area contributed by atoms with Crippen molar-refractivity contribution >= 4 is 16.8 Å². The summed E-state index contributed by atoms with van der Waals surface area (Å²) < 4.78 is 1.78. The van der Waals surface area contributed by atoms with E-state index in [0.717, 1.165) is 43.4 Å². The first kappa shape index (κ1) is 22.7. The topological polar surface area (TPSA) is 49.7 Å². The van der Waals surface area contributed by atoms with Gasteiger partial charge < -0.3 is 20.0 Å². The highest BCUT2D eigenvalue weighted by Gasteiger charge is 2.25. The molecular weight excluding hydrogens is 412 g/mol. The van der Waals surface area contributed by atoms with Gasteiger partial charge in [-0.05, 0) is 69.7 Å². The molecule has 180 valence electrons. The molecule has 1 saturated carbocycles. The summed E-state index contributed by atoms with van der Waals surface area (Å²) in [5.74, 6) is 0.614. The van der Waals surface area contributed by atoms with Gasteiger partial charge in [-0.15, -0.1) is 0 Å². The summed E-state index contributed by atoms with van der Waals surface area (Å²) in [5.41, 5.74) is 1.60. The van der Waals surface area contributed by atoms with Crippen molar-refractivity contribution in [2.45, 2.75) is 63.8 Å². The maximum Gasteiger partial charge on any atom is 0.271 e. The molecule has 0 unspecified atom stereocenters. The molecule has 1 amide bonds. The number of benzene rings is 1. The van der Waals surface area contributed by atoms with Crippen molar-refractivity contribution in [3.8, 4) is 0 Å². The molecule has 33 heavy (non-hydrogen) atoms. The molecule has 5 rings (SSSR count). The number of rotatable bonds is 8. The Bertz CT molecular complexity index is 906. The molecule has 2 saturated heterocycles. The molecule has 3 heterocycles. The Morgan fingerprint density at radius 2 is 1.58 bits per heavy atom. The van der Waals surface area contributed by atoms with Crippen LogP contribution in [0.4, 0.5) is 0 Å². The van der Waals surface area contributed by atoms with Crippen LogP contribution in [-0.2, 0) is 0 Å². The summed E-state index contributed by atoms with van der Waals surface area (Å²) >= 11 is 0. The molecule has 0 atom stereocenters. The molecule has 3 fully saturated rings. The van der Waals surface area contributed by atoms with Gasteiger partial charge in [0, 0.05) is 37.6 Å². The predicted molar refractivity (Wildman–Crippen MR) is 133 cm³/mol. The molecule has 1 aliphatic carbocycles. The second kappa shape index (κ2) is 10.9. The van der Waals surface area contributed by atoms with E-state index in [2.05, 4.69) is 21.2 Å². The Labute approximate surface area is 198 Å². The summed E-state index contributed by atoms with van der Waals surface area (Å²) in [5, 5.41) is 4.36. The highest BCUT2D eigenvalue weighted by atomic mass is 16.7. The minimum absolute atomic E-state index is 0.0113. The second-order valence-electron chi connectivity index (χ2n) is 10.3. The van der Waals surface area contributed by atoms with Crippen molar-refractivity contribution < 1.29 is 9.63 Å². The van der Waals surface area contributed by atoms with E-state index >= 15 is 0 Å². The standard InChI is InChI=1S/C27H40N4O2/c32-27(26-20-23-10-3-4-11-25(23)31(26)33-21-22-8-7-9-22)28-24-12-16-30(17-13-24)19-18-29-14-5-1-2-6-15-29/h3-4,10-11,20,22,24H,1-2,5-9,12-19,21H2,(H,28,32). The first-order chi connectivity index (χ1) is 16.3. The molecule has 0 bridgehead atoms. The van der Waals surface area contributed by atoms with Gasteiger partial charge in [0.2, 0.25) is 0 Å². The minimum Gasteiger partial charge on any atom is -0.413 e. The van der Waals surface area contributed by atoms with E-state index in [1.165, 1.54) is 64.6 Å². The van der Waals surface area contributed by atoms with Gasteiger partial charge in [-0.3, -0.25) is 4.79 Å². The maximum atomic E-state index is 13.2. The van der Waals surface area contributed by atoms with E-state index < -0.39 is 0 Å². The van der Waals surface area contributed by atoms with E-state index in [9.17, 15) is 4.79 Å². The van der Waals surface area contributed by atoms with Gasteiger partial charge in [0.15, 0.2) is 0 Å². The molecule has 3 aliphatic rings. The zero-order valence-electron chi connectivity index (χ0n) is 20.0. The molecular formula is C27H40N4O2. The Hall–Kier alpha value is -2.05. The molecule has 6 nitrogen and oxygen atoms in total. The number of nitrogens with zero attached hydrogens (tertiary/aromatic N) is 3. The van der Waals surface area contributed by atoms with Gasteiger partial charge in [-0.2, -0.15) is 4.73 Å². The lowest BCUT2D eigenvalue weighted by Gasteiger charge is -2.33. The van der Waals surface area contributed by atoms with E-state index in [0.29, 0.717) is 18.2 Å². The molecule has 1 aromatic heterocycles. The second-order valence-corrected chi connectivity index (χ2v) is 10.3. The Kier molecular flexibility index (Phi) is 7.52. The Morgan fingerprint density at radius 1 is 0.879 bits per heavy atom. The van der Waals surface area contributed by atoms with Crippen LogP contribution in [0.1, 0.15) is 68.3 Å². The van der Waals surface area contributed by atoms with Crippen LogP contribution in [0.2, 0.25) is 0 Å². The van der Waals surface area contributed by atoms with E-state index in [1.807, 2.05) is 24.3 Å². The van der Waals surface area contributed by atoms with Crippen LogP contribution in [0.15, 0.2) is 30.3 Å². The fraction of sp³-hybridized carbons (Fsp3) is 0.667. The number of hydrogen-bond acceptors (Lipinski definition) is 4. The van der Waals surface area contributed by atoms with Gasteiger partial charge in [0.25, 0.3) is 5.91 Å². The summed E-state index contributed by atoms with van der Waals surface area (Å²) in [6.45, 7) is 7.71. The minimum atomic E-state index is -0.0113. The Balaban J connectivity index is 1.14. The first-order valence-corrected chi connectivity index (χ1v) is 13.3. The lowest BCUT2D eigenvalue weighted by Crippen LogP contribution is -2.47. The van der Waals surface area contributed by atoms with Crippen molar-refractivity contribution in [1.29, 1.82) is 0 Å². The van der Waals surface area contributed by atoms with Gasteiger partial charge >= 0.3 is 0 Å². The maximum absolute atomic E-state index is 13.2. The zero-order chi connectivity index (χ0) is 22.5. The van der Waals surface area contributed by atoms with Crippen molar-refractivity contribution in [2.75, 3.05) is 45.9 Å². The Morgan fingerprint density at radius 3 is 2.27 bits per heavy atom. The molecule has 2 aromatic rings. The van der Waals surface area contributed by atoms with Crippen LogP contribution in [-0.4, -0.2) is 72.4 Å². The smallest absolute Gasteiger partial charge is 0.271 e. The number of aromatic nitrogens is 1. The van der Waals surface area contributed by atoms with Crippen molar-refractivity contribution in [2.24, 2.45) is 5.92 Å². The fourth-order valence-electron chi connectivity index (χ4n) is 5.47. The lowest BCUT2D eigenvalue weighted by molar-refractivity contribution is 0.0540. The van der Waals surface area contributed by atoms with Crippen molar-refractivity contribution in [3.05, 3.63) is 36.0 Å². The largest absolute Gasteiger partial charge is 0.413 e. The number of nitrogens with one attached hydrogen (secondary N) is 1. The average molecular weight is 453 g/mol. The number of carbonyl (C=O) groups excluding carboxylic acids is 1. The van der Waals surface area contributed by atoms with Crippen LogP contribution in [0.25, 0.3) is 10.9 Å². The van der Waals surface area contributed by atoms with E-state index in [4.69, 9.17) is 4.84 Å². The van der Waals surface area contributed by atoms with Gasteiger partial charge in [0.05, 0.1) is 5.52 Å². The summed E-state index contributed by atoms with van der Waals surface area (Å²) in [6.07, 6.45) is 11.3. The molecule has 1 aromatic carbocycles. The third-order valence-electron chi connectivity index (χ3n) is 7.92. The summed E-state index contributed by atoms with van der Waals surface area (Å²) in [6, 6.07) is 10.3. The quantitative estimate of drug-likeness (QED) is 0.659. The summed E-state index contributed by atoms with van der Waals surface area (Å²) in [4.78, 5) is 24.6. The van der Waals surface area contributed by atoms with Crippen LogP contribution in [0.3, 0.4) is 0 Å². The lowest BCUT2D eigenvalue weighted by atomic mass is 9.86. The average Bonchev–Trinajstić information content (AvgIpc) is 2.97. The summed E-state index contributed by atoms with van der Waals surface area (Å²) in [7, 11) is 0. The molecule has 1 N–H and O–H groups in total. The molecule has 6 heteroatoms. The number of carbonyl (C=O) groups is 1. The first-order valence-electron chi connectivity index (χ1n) is 13.3. The number of likely N-dealkylation sites (tertiary alicyclic amines) is 2. The van der Waals surface area contributed by atoms with Crippen LogP contribution < -0.4 is 10.2 Å². The predicted octanol–water partition coefficient (Wildman–Crippen LogP) is 3.94. The highest BCUT2D eigenvalue weighted by Crippen LogP contribution is 2.27. The SMILES string of the molecule is O=C(NC1CCN(CCN2CCCCCC2)CC1)c1cc2ccccc2n1OCC1CCC1. The molecule has 2 aliphatic heterocycles. The third kappa shape index (κ3) is 5.72. The van der Waals surface area contributed by atoms with Gasteiger partial charge in [-0.1, -0.05) is 37.5 Å². The number of hydrogen-bond donors (Lipinski definition) is 1. The van der Waals surface area contributed by atoms with Gasteiger partial charge in [-0.25, -0.2) is 0 Å². The van der Waals surface area contributed by atoms with E-state index in [1.54, 1.807) is 4.73 Å². The van der Waals surface area contributed by atoms with Crippen molar-refractivity contribution in [3.63, 3.8) is 0 Å². The van der Waals surface area contributed by atoms with E-state index in [-0.39, 0.29) is 11.9 Å². The van der Waals surface area contributed by atoms with Crippen LogP contribution >= 0.6 is 0 Å². The van der Waals surface area contributed by atoms with Crippen molar-refractivity contribution in [1.82, 2.24) is 19.8 Å². The number of piperidine rings is 1. The number of fused-ring (bicyclic) bond motifs is 1. The van der Waals surface area contributed by atoms with Crippen LogP contribution in [0, 0.1) is 5.92 Å². The zero-order valence-corrected chi connectivity index (χ0v) is 20.0. The normalized spacial score (nSPS) is 21.6. The molecule has 0 spiro atoms. The highest BCUT2D eigenvalue weighted by molar-refractivity contribution is 5.98. The van der Waals surface area contributed by atoms with Crippen LogP contribution in [0.5, 0.6) is 0 Å². The monoisotopic (exact) mass is 452 g/mol. The number of amides is 1. The third-order valence-corrected chi connectivity index (χ3v) is 7.92.